The summed E-state index contributed by atoms with van der Waals surface area (Å²) in [5.74, 6) is -0.739. The number of aromatic amines is 1. The molecule has 0 spiro atoms. The molecule has 0 fully saturated rings. The fourth-order valence-electron chi connectivity index (χ4n) is 2.81. The Morgan fingerprint density at radius 3 is 2.41 bits per heavy atom. The lowest BCUT2D eigenvalue weighted by atomic mass is 10.2. The van der Waals surface area contributed by atoms with Gasteiger partial charge in [-0.2, -0.15) is 0 Å². The van der Waals surface area contributed by atoms with Crippen molar-refractivity contribution in [1.29, 1.82) is 0 Å². The van der Waals surface area contributed by atoms with Crippen LogP contribution in [0.2, 0.25) is 0 Å². The Kier molecular flexibility index (Phi) is 6.23. The Labute approximate surface area is 166 Å². The number of hydrogen-bond donors (Lipinski definition) is 2. The zero-order valence-corrected chi connectivity index (χ0v) is 15.9. The van der Waals surface area contributed by atoms with Gasteiger partial charge >= 0.3 is 5.97 Å². The Morgan fingerprint density at radius 2 is 1.72 bits per heavy atom. The summed E-state index contributed by atoms with van der Waals surface area (Å²) in [7, 11) is 0. The fourth-order valence-corrected chi connectivity index (χ4v) is 2.81. The predicted molar refractivity (Wildman–Crippen MR) is 109 cm³/mol. The van der Waals surface area contributed by atoms with Crippen molar-refractivity contribution < 1.29 is 14.3 Å². The third-order valence-corrected chi connectivity index (χ3v) is 4.29. The summed E-state index contributed by atoms with van der Waals surface area (Å²) in [6.07, 6.45) is 0.736. The van der Waals surface area contributed by atoms with E-state index < -0.39 is 5.97 Å². The highest BCUT2D eigenvalue weighted by molar-refractivity contribution is 5.93. The maximum absolute atomic E-state index is 12.4. The van der Waals surface area contributed by atoms with E-state index >= 15 is 0 Å². The standard InChI is InChI=1S/C21H21N3O5/c1-2-13-29-21(28)14-7-9-15(10-8-14)22-18(25)11-12-24-20(27)17-6-4-3-5-16(17)19(26)23-24/h3-10H,2,11-13H2,1H3,(H,22,25)(H,23,26). The van der Waals surface area contributed by atoms with Crippen LogP contribution >= 0.6 is 0 Å². The molecule has 0 saturated carbocycles. The van der Waals surface area contributed by atoms with Crippen molar-refractivity contribution >= 4 is 28.3 Å². The Hall–Kier alpha value is -3.68. The molecule has 29 heavy (non-hydrogen) atoms. The summed E-state index contributed by atoms with van der Waals surface area (Å²) in [6.45, 7) is 2.30. The molecule has 0 atom stereocenters. The second kappa shape index (κ2) is 9.01. The number of aryl methyl sites for hydroxylation is 1. The van der Waals surface area contributed by atoms with E-state index in [2.05, 4.69) is 10.4 Å². The highest BCUT2D eigenvalue weighted by Crippen LogP contribution is 2.11. The zero-order valence-electron chi connectivity index (χ0n) is 15.9. The van der Waals surface area contributed by atoms with E-state index in [0.29, 0.717) is 28.6 Å². The second-order valence-corrected chi connectivity index (χ2v) is 6.45. The number of nitrogens with one attached hydrogen (secondary N) is 2. The number of carbonyl (C=O) groups is 2. The van der Waals surface area contributed by atoms with Crippen molar-refractivity contribution in [2.24, 2.45) is 0 Å². The first-order valence-electron chi connectivity index (χ1n) is 9.28. The fraction of sp³-hybridized carbons (Fsp3) is 0.238. The van der Waals surface area contributed by atoms with Gasteiger partial charge in [-0.05, 0) is 42.8 Å². The SMILES string of the molecule is CCCOC(=O)c1ccc(NC(=O)CCn2[nH]c(=O)c3ccccc3c2=O)cc1. The smallest absolute Gasteiger partial charge is 0.338 e. The molecule has 0 radical (unpaired) electrons. The van der Waals surface area contributed by atoms with Crippen LogP contribution in [0, 0.1) is 0 Å². The maximum Gasteiger partial charge on any atom is 0.338 e. The summed E-state index contributed by atoms with van der Waals surface area (Å²) in [4.78, 5) is 48.5. The summed E-state index contributed by atoms with van der Waals surface area (Å²) < 4.78 is 6.19. The minimum Gasteiger partial charge on any atom is -0.462 e. The predicted octanol–water partition coefficient (Wildman–Crippen LogP) is 2.29. The molecule has 0 unspecified atom stereocenters. The van der Waals surface area contributed by atoms with Gasteiger partial charge in [0.2, 0.25) is 5.91 Å². The summed E-state index contributed by atoms with van der Waals surface area (Å²) in [5.41, 5.74) is 0.173. The largest absolute Gasteiger partial charge is 0.462 e. The molecule has 150 valence electrons. The molecule has 3 aromatic rings. The van der Waals surface area contributed by atoms with Crippen molar-refractivity contribution in [2.75, 3.05) is 11.9 Å². The van der Waals surface area contributed by atoms with Gasteiger partial charge in [-0.25, -0.2) is 9.48 Å². The zero-order chi connectivity index (χ0) is 20.8. The van der Waals surface area contributed by atoms with Crippen molar-refractivity contribution in [3.8, 4) is 0 Å². The van der Waals surface area contributed by atoms with Gasteiger partial charge in [0, 0.05) is 12.1 Å². The molecule has 1 aromatic heterocycles. The molecule has 2 aromatic carbocycles. The normalized spacial score (nSPS) is 10.7. The van der Waals surface area contributed by atoms with Gasteiger partial charge in [-0.3, -0.25) is 19.5 Å². The number of esters is 1. The molecule has 8 nitrogen and oxygen atoms in total. The van der Waals surface area contributed by atoms with E-state index in [1.807, 2.05) is 6.92 Å². The van der Waals surface area contributed by atoms with Crippen LogP contribution in [0.1, 0.15) is 30.1 Å². The first kappa shape index (κ1) is 20.1. The number of fused-ring (bicyclic) bond motifs is 1. The van der Waals surface area contributed by atoms with Gasteiger partial charge in [-0.1, -0.05) is 19.1 Å². The molecule has 1 heterocycles. The van der Waals surface area contributed by atoms with Crippen LogP contribution in [0.5, 0.6) is 0 Å². The molecule has 0 bridgehead atoms. The summed E-state index contributed by atoms with van der Waals surface area (Å²) in [5, 5.41) is 5.81. The molecule has 2 N–H and O–H groups in total. The Balaban J connectivity index is 1.63. The number of H-pyrrole nitrogens is 1. The minimum absolute atomic E-state index is 0.00548. The van der Waals surface area contributed by atoms with Crippen molar-refractivity contribution in [1.82, 2.24) is 9.78 Å². The first-order valence-corrected chi connectivity index (χ1v) is 9.28. The lowest BCUT2D eigenvalue weighted by Gasteiger charge is -2.09. The van der Waals surface area contributed by atoms with E-state index in [-0.39, 0.29) is 30.0 Å². The van der Waals surface area contributed by atoms with Crippen LogP contribution < -0.4 is 16.4 Å². The van der Waals surface area contributed by atoms with Gasteiger partial charge in [0.15, 0.2) is 0 Å². The number of anilines is 1. The summed E-state index contributed by atoms with van der Waals surface area (Å²) in [6, 6.07) is 12.9. The first-order chi connectivity index (χ1) is 14.0. The van der Waals surface area contributed by atoms with Gasteiger partial charge in [0.25, 0.3) is 11.1 Å². The number of nitrogens with zero attached hydrogens (tertiary/aromatic N) is 1. The van der Waals surface area contributed by atoms with E-state index in [1.54, 1.807) is 48.5 Å². The third-order valence-electron chi connectivity index (χ3n) is 4.29. The quantitative estimate of drug-likeness (QED) is 0.597. The third kappa shape index (κ3) is 4.78. The summed E-state index contributed by atoms with van der Waals surface area (Å²) >= 11 is 0. The lowest BCUT2D eigenvalue weighted by Crippen LogP contribution is -2.31. The van der Waals surface area contributed by atoms with Gasteiger partial charge < -0.3 is 10.1 Å². The average Bonchev–Trinajstić information content (AvgIpc) is 2.74. The maximum atomic E-state index is 12.4. The van der Waals surface area contributed by atoms with Crippen molar-refractivity contribution in [3.05, 3.63) is 74.8 Å². The van der Waals surface area contributed by atoms with Gasteiger partial charge in [-0.15, -0.1) is 0 Å². The number of ether oxygens (including phenoxy) is 1. The van der Waals surface area contributed by atoms with Crippen LogP contribution in [0.15, 0.2) is 58.1 Å². The lowest BCUT2D eigenvalue weighted by molar-refractivity contribution is -0.116. The number of aromatic nitrogens is 2. The van der Waals surface area contributed by atoms with Gasteiger partial charge in [0.1, 0.15) is 0 Å². The van der Waals surface area contributed by atoms with Crippen LogP contribution in [-0.2, 0) is 16.1 Å². The van der Waals surface area contributed by atoms with Gasteiger partial charge in [0.05, 0.1) is 29.5 Å². The average molecular weight is 395 g/mol. The van der Waals surface area contributed by atoms with E-state index in [0.717, 1.165) is 11.1 Å². The topological polar surface area (TPSA) is 110 Å². The highest BCUT2D eigenvalue weighted by atomic mass is 16.5. The van der Waals surface area contributed by atoms with E-state index in [1.165, 1.54) is 0 Å². The van der Waals surface area contributed by atoms with E-state index in [9.17, 15) is 19.2 Å². The number of rotatable bonds is 7. The molecular formula is C21H21N3O5. The van der Waals surface area contributed by atoms with Crippen LogP contribution in [0.3, 0.4) is 0 Å². The molecule has 0 aliphatic carbocycles. The van der Waals surface area contributed by atoms with Crippen molar-refractivity contribution in [3.63, 3.8) is 0 Å². The van der Waals surface area contributed by atoms with Crippen LogP contribution in [0.25, 0.3) is 10.8 Å². The van der Waals surface area contributed by atoms with E-state index in [4.69, 9.17) is 4.74 Å². The molecule has 0 aliphatic heterocycles. The molecular weight excluding hydrogens is 374 g/mol. The molecule has 0 saturated heterocycles. The second-order valence-electron chi connectivity index (χ2n) is 6.45. The molecule has 0 aliphatic rings. The van der Waals surface area contributed by atoms with Crippen molar-refractivity contribution in [2.45, 2.75) is 26.3 Å². The monoisotopic (exact) mass is 395 g/mol. The number of carbonyl (C=O) groups excluding carboxylic acids is 2. The number of hydrogen-bond acceptors (Lipinski definition) is 5. The molecule has 1 amide bonds. The minimum atomic E-state index is -0.413. The van der Waals surface area contributed by atoms with Crippen LogP contribution in [0.4, 0.5) is 5.69 Å². The van der Waals surface area contributed by atoms with Crippen LogP contribution in [-0.4, -0.2) is 28.3 Å². The molecule has 8 heteroatoms. The molecule has 3 rings (SSSR count). The number of benzene rings is 2. The highest BCUT2D eigenvalue weighted by Gasteiger charge is 2.10. The number of amides is 1. The Bertz CT molecular complexity index is 1150. The Morgan fingerprint density at radius 1 is 1.03 bits per heavy atom.